The Labute approximate surface area is 215 Å². The van der Waals surface area contributed by atoms with Crippen LogP contribution in [0.15, 0.2) is 76.6 Å². The van der Waals surface area contributed by atoms with Crippen molar-refractivity contribution in [2.24, 2.45) is 0 Å². The van der Waals surface area contributed by atoms with Crippen molar-refractivity contribution in [1.29, 1.82) is 0 Å². The predicted molar refractivity (Wildman–Crippen MR) is 149 cm³/mol. The number of hydrogen-bond donors (Lipinski definition) is 0. The van der Waals surface area contributed by atoms with Crippen LogP contribution in [0.2, 0.25) is 5.02 Å². The number of thioether (sulfide) groups is 1. The Balaban J connectivity index is 1.38. The van der Waals surface area contributed by atoms with Gasteiger partial charge < -0.3 is 4.57 Å². The van der Waals surface area contributed by atoms with Crippen molar-refractivity contribution >= 4 is 67.7 Å². The molecule has 0 fully saturated rings. The highest BCUT2D eigenvalue weighted by Crippen LogP contribution is 2.25. The molecule has 3 aromatic heterocycles. The summed E-state index contributed by atoms with van der Waals surface area (Å²) in [6.07, 6.45) is 4.17. The summed E-state index contributed by atoms with van der Waals surface area (Å²) in [5.74, 6) is 0.935. The molecule has 0 saturated carbocycles. The lowest BCUT2D eigenvalue weighted by Gasteiger charge is -2.05. The Morgan fingerprint density at radius 2 is 1.80 bits per heavy atom. The summed E-state index contributed by atoms with van der Waals surface area (Å²) in [7, 11) is 0. The lowest BCUT2D eigenvalue weighted by atomic mass is 10.1. The first-order valence-corrected chi connectivity index (χ1v) is 13.6. The van der Waals surface area contributed by atoms with Gasteiger partial charge in [0.25, 0.3) is 5.56 Å². The fourth-order valence-corrected chi connectivity index (χ4v) is 6.38. The number of benzene rings is 3. The molecule has 4 nitrogen and oxygen atoms in total. The molecular formula is C28H22ClN3OS2. The van der Waals surface area contributed by atoms with E-state index in [1.807, 2.05) is 24.3 Å². The maximum absolute atomic E-state index is 13.4. The topological polar surface area (TPSA) is 39.3 Å². The van der Waals surface area contributed by atoms with Gasteiger partial charge in [-0.05, 0) is 73.5 Å². The number of aryl methyl sites for hydroxylation is 3. The standard InChI is InChI=1S/C28H22ClN3OS2/c1-17-13-23-25(14-18(17)2)32-27(33)26(35-28(32)30-23)15-19-16-31(24-6-4-3-5-22(19)24)11-12-34-21-9-7-20(29)8-10-21/h3-10,13-16H,11-12H2,1-2H3/b26-15-. The molecule has 0 radical (unpaired) electrons. The van der Waals surface area contributed by atoms with E-state index in [1.165, 1.54) is 27.3 Å². The Morgan fingerprint density at radius 1 is 1.03 bits per heavy atom. The molecule has 0 spiro atoms. The van der Waals surface area contributed by atoms with Crippen LogP contribution in [-0.2, 0) is 6.54 Å². The van der Waals surface area contributed by atoms with E-state index in [4.69, 9.17) is 16.6 Å². The van der Waals surface area contributed by atoms with Crippen LogP contribution in [-0.4, -0.2) is 19.7 Å². The monoisotopic (exact) mass is 515 g/mol. The molecule has 0 amide bonds. The van der Waals surface area contributed by atoms with Gasteiger partial charge >= 0.3 is 0 Å². The molecular weight excluding hydrogens is 494 g/mol. The summed E-state index contributed by atoms with van der Waals surface area (Å²) in [4.78, 5) is 20.1. The molecule has 7 heteroatoms. The fraction of sp³-hybridized carbons (Fsp3) is 0.143. The summed E-state index contributed by atoms with van der Waals surface area (Å²) in [6.45, 7) is 5.00. The van der Waals surface area contributed by atoms with Crippen LogP contribution < -0.4 is 10.1 Å². The maximum Gasteiger partial charge on any atom is 0.274 e. The van der Waals surface area contributed by atoms with Crippen LogP contribution in [0.25, 0.3) is 33.0 Å². The highest BCUT2D eigenvalue weighted by molar-refractivity contribution is 7.99. The number of aromatic nitrogens is 3. The van der Waals surface area contributed by atoms with Crippen LogP contribution >= 0.6 is 34.7 Å². The maximum atomic E-state index is 13.4. The van der Waals surface area contributed by atoms with Gasteiger partial charge in [-0.2, -0.15) is 0 Å². The average Bonchev–Trinajstić information content (AvgIpc) is 3.47. The molecule has 0 N–H and O–H groups in total. The minimum absolute atomic E-state index is 0.00845. The smallest absolute Gasteiger partial charge is 0.274 e. The van der Waals surface area contributed by atoms with Crippen molar-refractivity contribution < 1.29 is 0 Å². The van der Waals surface area contributed by atoms with Gasteiger partial charge in [-0.1, -0.05) is 41.1 Å². The molecule has 3 heterocycles. The third-order valence-electron chi connectivity index (χ3n) is 6.37. The normalized spacial score (nSPS) is 12.5. The number of thiazole rings is 1. The number of hydrogen-bond acceptors (Lipinski definition) is 4. The molecule has 0 saturated heterocycles. The molecule has 6 aromatic rings. The molecule has 0 aliphatic carbocycles. The highest BCUT2D eigenvalue weighted by atomic mass is 35.5. The van der Waals surface area contributed by atoms with Gasteiger partial charge in [-0.25, -0.2) is 9.38 Å². The highest BCUT2D eigenvalue weighted by Gasteiger charge is 2.13. The van der Waals surface area contributed by atoms with Crippen molar-refractivity contribution in [2.75, 3.05) is 5.75 Å². The van der Waals surface area contributed by atoms with E-state index in [2.05, 4.69) is 67.1 Å². The summed E-state index contributed by atoms with van der Waals surface area (Å²) in [5, 5.41) is 1.90. The van der Waals surface area contributed by atoms with Gasteiger partial charge in [0.1, 0.15) is 0 Å². The van der Waals surface area contributed by atoms with E-state index in [0.29, 0.717) is 4.53 Å². The zero-order chi connectivity index (χ0) is 24.1. The van der Waals surface area contributed by atoms with Crippen molar-refractivity contribution in [2.45, 2.75) is 25.3 Å². The first kappa shape index (κ1) is 22.4. The minimum Gasteiger partial charge on any atom is -0.346 e. The quantitative estimate of drug-likeness (QED) is 0.247. The van der Waals surface area contributed by atoms with Crippen LogP contribution in [0.5, 0.6) is 0 Å². The number of para-hydroxylation sites is 1. The van der Waals surface area contributed by atoms with Crippen LogP contribution in [0.3, 0.4) is 0 Å². The molecule has 0 atom stereocenters. The van der Waals surface area contributed by atoms with E-state index in [9.17, 15) is 4.79 Å². The van der Waals surface area contributed by atoms with Crippen molar-refractivity contribution in [3.63, 3.8) is 0 Å². The summed E-state index contributed by atoms with van der Waals surface area (Å²) in [5.41, 5.74) is 6.31. The number of fused-ring (bicyclic) bond motifs is 4. The summed E-state index contributed by atoms with van der Waals surface area (Å²) < 4.78 is 4.72. The van der Waals surface area contributed by atoms with Crippen molar-refractivity contribution in [1.82, 2.24) is 14.0 Å². The first-order chi connectivity index (χ1) is 17.0. The zero-order valence-corrected chi connectivity index (χ0v) is 21.7. The fourth-order valence-electron chi connectivity index (χ4n) is 4.43. The molecule has 174 valence electrons. The Bertz CT molecular complexity index is 1830. The van der Waals surface area contributed by atoms with Gasteiger partial charge in [0.05, 0.1) is 15.6 Å². The van der Waals surface area contributed by atoms with Crippen molar-refractivity contribution in [3.05, 3.63) is 103 Å². The van der Waals surface area contributed by atoms with E-state index < -0.39 is 0 Å². The lowest BCUT2D eigenvalue weighted by Crippen LogP contribution is -2.22. The van der Waals surface area contributed by atoms with Crippen LogP contribution in [0.1, 0.15) is 16.7 Å². The second kappa shape index (κ2) is 8.86. The lowest BCUT2D eigenvalue weighted by molar-refractivity contribution is 0.806. The third kappa shape index (κ3) is 4.05. The largest absolute Gasteiger partial charge is 0.346 e. The predicted octanol–water partition coefficient (Wildman–Crippen LogP) is 6.47. The molecule has 0 aliphatic rings. The summed E-state index contributed by atoms with van der Waals surface area (Å²) in [6, 6.07) is 20.4. The second-order valence-electron chi connectivity index (χ2n) is 8.67. The zero-order valence-electron chi connectivity index (χ0n) is 19.3. The third-order valence-corrected chi connectivity index (χ3v) is 8.59. The van der Waals surface area contributed by atoms with E-state index in [0.717, 1.165) is 49.8 Å². The first-order valence-electron chi connectivity index (χ1n) is 11.4. The number of nitrogens with zero attached hydrogens (tertiary/aromatic N) is 3. The summed E-state index contributed by atoms with van der Waals surface area (Å²) >= 11 is 9.26. The van der Waals surface area contributed by atoms with Crippen LogP contribution in [0.4, 0.5) is 0 Å². The Morgan fingerprint density at radius 3 is 2.63 bits per heavy atom. The van der Waals surface area contributed by atoms with Crippen molar-refractivity contribution in [3.8, 4) is 0 Å². The van der Waals surface area contributed by atoms with Gasteiger partial charge in [0.15, 0.2) is 4.96 Å². The Kier molecular flexibility index (Phi) is 5.67. The second-order valence-corrected chi connectivity index (χ2v) is 11.3. The SMILES string of the molecule is Cc1cc2nc3s/c(=C\c4cn(CCSc5ccc(Cl)cc5)c5ccccc45)c(=O)n3c2cc1C. The van der Waals surface area contributed by atoms with Gasteiger partial charge in [0.2, 0.25) is 0 Å². The van der Waals surface area contributed by atoms with E-state index in [1.54, 1.807) is 16.2 Å². The van der Waals surface area contributed by atoms with Crippen LogP contribution in [0, 0.1) is 13.8 Å². The van der Waals surface area contributed by atoms with E-state index in [-0.39, 0.29) is 5.56 Å². The molecule has 3 aromatic carbocycles. The molecule has 0 aliphatic heterocycles. The molecule has 0 unspecified atom stereocenters. The molecule has 0 bridgehead atoms. The van der Waals surface area contributed by atoms with Gasteiger partial charge in [-0.15, -0.1) is 11.8 Å². The number of rotatable bonds is 5. The average molecular weight is 516 g/mol. The molecule has 35 heavy (non-hydrogen) atoms. The molecule has 6 rings (SSSR count). The minimum atomic E-state index is -0.00845. The van der Waals surface area contributed by atoms with Gasteiger partial charge in [0, 0.05) is 44.9 Å². The number of halogens is 1. The van der Waals surface area contributed by atoms with Gasteiger partial charge in [-0.3, -0.25) is 4.79 Å². The number of imidazole rings is 1. The Hall–Kier alpha value is -3.06. The van der Waals surface area contributed by atoms with E-state index >= 15 is 0 Å².